The number of nitrogens with two attached hydrogens (primary N) is 1. The largest absolute Gasteiger partial charge is 0.496 e. The van der Waals surface area contributed by atoms with Crippen molar-refractivity contribution in [2.75, 3.05) is 7.11 Å². The van der Waals surface area contributed by atoms with Gasteiger partial charge in [-0.2, -0.15) is 0 Å². The highest BCUT2D eigenvalue weighted by molar-refractivity contribution is 6.31. The van der Waals surface area contributed by atoms with E-state index in [1.165, 1.54) is 26.4 Å². The molecule has 0 aliphatic heterocycles. The number of amides is 1. The van der Waals surface area contributed by atoms with Gasteiger partial charge >= 0.3 is 0 Å². The molecule has 0 atom stereocenters. The molecule has 1 fully saturated rings. The quantitative estimate of drug-likeness (QED) is 0.654. The van der Waals surface area contributed by atoms with Crippen molar-refractivity contribution in [1.82, 2.24) is 5.32 Å². The third-order valence-corrected chi connectivity index (χ3v) is 4.28. The highest BCUT2D eigenvalue weighted by Gasteiger charge is 2.15. The summed E-state index contributed by atoms with van der Waals surface area (Å²) in [4.78, 5) is 16.8. The fourth-order valence-corrected chi connectivity index (χ4v) is 3.01. The molecule has 0 aromatic heterocycles. The van der Waals surface area contributed by atoms with Crippen LogP contribution in [-0.2, 0) is 0 Å². The lowest BCUT2D eigenvalue weighted by Gasteiger charge is -2.17. The number of nitrogens with one attached hydrogen (secondary N) is 1. The van der Waals surface area contributed by atoms with E-state index in [2.05, 4.69) is 10.3 Å². The minimum atomic E-state index is -0.364. The molecule has 0 saturated heterocycles. The SMILES string of the molecule is COc1ccc(Cl)cc1C(=O)NC(N)=NC1CCCCCCC1. The number of guanidine groups is 1. The smallest absolute Gasteiger partial charge is 0.261 e. The van der Waals surface area contributed by atoms with Gasteiger partial charge in [0.05, 0.1) is 18.7 Å². The molecule has 0 bridgehead atoms. The summed E-state index contributed by atoms with van der Waals surface area (Å²) in [6, 6.07) is 5.07. The number of ether oxygens (including phenoxy) is 1. The first-order chi connectivity index (χ1) is 11.1. The van der Waals surface area contributed by atoms with Crippen LogP contribution in [0.3, 0.4) is 0 Å². The first kappa shape index (κ1) is 17.6. The zero-order valence-corrected chi connectivity index (χ0v) is 14.2. The van der Waals surface area contributed by atoms with Gasteiger partial charge in [0.2, 0.25) is 0 Å². The van der Waals surface area contributed by atoms with E-state index in [-0.39, 0.29) is 17.9 Å². The van der Waals surface area contributed by atoms with Crippen LogP contribution in [0.5, 0.6) is 5.75 Å². The summed E-state index contributed by atoms with van der Waals surface area (Å²) in [5.41, 5.74) is 6.25. The van der Waals surface area contributed by atoms with E-state index in [9.17, 15) is 4.79 Å². The highest BCUT2D eigenvalue weighted by Crippen LogP contribution is 2.22. The Morgan fingerprint density at radius 1 is 1.26 bits per heavy atom. The topological polar surface area (TPSA) is 76.7 Å². The Kier molecular flexibility index (Phi) is 6.71. The molecule has 1 aliphatic carbocycles. The van der Waals surface area contributed by atoms with Crippen molar-refractivity contribution in [3.8, 4) is 5.75 Å². The number of halogens is 1. The van der Waals surface area contributed by atoms with Crippen molar-refractivity contribution >= 4 is 23.5 Å². The lowest BCUT2D eigenvalue weighted by Crippen LogP contribution is -2.38. The molecule has 0 unspecified atom stereocenters. The van der Waals surface area contributed by atoms with Gasteiger partial charge < -0.3 is 10.5 Å². The summed E-state index contributed by atoms with van der Waals surface area (Å²) in [5, 5.41) is 3.10. The third-order valence-electron chi connectivity index (χ3n) is 4.04. The van der Waals surface area contributed by atoms with E-state index in [4.69, 9.17) is 22.1 Å². The maximum Gasteiger partial charge on any atom is 0.261 e. The molecule has 1 aliphatic rings. The molecule has 1 amide bonds. The van der Waals surface area contributed by atoms with Crippen molar-refractivity contribution in [3.63, 3.8) is 0 Å². The van der Waals surface area contributed by atoms with Gasteiger partial charge in [0.1, 0.15) is 5.75 Å². The fraction of sp³-hybridized carbons (Fsp3) is 0.529. The van der Waals surface area contributed by atoms with Crippen LogP contribution in [0.4, 0.5) is 0 Å². The average molecular weight is 338 g/mol. The summed E-state index contributed by atoms with van der Waals surface area (Å²) in [5.74, 6) is 0.240. The molecule has 2 rings (SSSR count). The maximum atomic E-state index is 12.3. The lowest BCUT2D eigenvalue weighted by molar-refractivity contribution is 0.0973. The van der Waals surface area contributed by atoms with Crippen molar-refractivity contribution in [1.29, 1.82) is 0 Å². The van der Waals surface area contributed by atoms with Gasteiger partial charge in [0.15, 0.2) is 5.96 Å². The van der Waals surface area contributed by atoms with Crippen molar-refractivity contribution in [2.45, 2.75) is 51.0 Å². The average Bonchev–Trinajstić information content (AvgIpc) is 2.49. The van der Waals surface area contributed by atoms with Crippen molar-refractivity contribution < 1.29 is 9.53 Å². The van der Waals surface area contributed by atoms with Crippen LogP contribution in [0.15, 0.2) is 23.2 Å². The van der Waals surface area contributed by atoms with Crippen LogP contribution in [0, 0.1) is 0 Å². The third kappa shape index (κ3) is 5.43. The summed E-state index contributed by atoms with van der Waals surface area (Å²) >= 11 is 5.95. The van der Waals surface area contributed by atoms with Gasteiger partial charge in [-0.05, 0) is 31.0 Å². The molecule has 1 saturated carbocycles. The Bertz CT molecular complexity index is 567. The first-order valence-electron chi connectivity index (χ1n) is 8.08. The minimum absolute atomic E-state index is 0.155. The number of hydrogen-bond donors (Lipinski definition) is 2. The summed E-state index contributed by atoms with van der Waals surface area (Å²) in [6.07, 6.45) is 8.18. The second-order valence-corrected chi connectivity index (χ2v) is 6.25. The van der Waals surface area contributed by atoms with Gasteiger partial charge in [0.25, 0.3) is 5.91 Å². The predicted octanol–water partition coefficient (Wildman–Crippen LogP) is 3.51. The first-order valence-corrected chi connectivity index (χ1v) is 8.46. The van der Waals surface area contributed by atoms with Crippen LogP contribution >= 0.6 is 11.6 Å². The molecule has 0 spiro atoms. The van der Waals surface area contributed by atoms with E-state index in [1.807, 2.05) is 0 Å². The van der Waals surface area contributed by atoms with E-state index in [1.54, 1.807) is 18.2 Å². The molecule has 3 N–H and O–H groups in total. The van der Waals surface area contributed by atoms with Gasteiger partial charge in [-0.25, -0.2) is 4.99 Å². The molecule has 1 aromatic rings. The molecule has 0 radical (unpaired) electrons. The summed E-state index contributed by atoms with van der Waals surface area (Å²) in [7, 11) is 1.51. The normalized spacial score (nSPS) is 17.2. The number of aliphatic imine (C=N–C) groups is 1. The standard InChI is InChI=1S/C17H24ClN3O2/c1-23-15-10-9-12(18)11-14(15)16(22)21-17(19)20-13-7-5-3-2-4-6-8-13/h9-11,13H,2-8H2,1H3,(H3,19,20,21,22). The van der Waals surface area contributed by atoms with Gasteiger partial charge in [-0.1, -0.05) is 43.7 Å². The predicted molar refractivity (Wildman–Crippen MR) is 93.2 cm³/mol. The molecular formula is C17H24ClN3O2. The second-order valence-electron chi connectivity index (χ2n) is 5.81. The second kappa shape index (κ2) is 8.77. The zero-order chi connectivity index (χ0) is 16.7. The van der Waals surface area contributed by atoms with E-state index in [0.717, 1.165) is 25.7 Å². The number of methoxy groups -OCH3 is 1. The summed E-state index contributed by atoms with van der Waals surface area (Å²) < 4.78 is 5.18. The van der Waals surface area contributed by atoms with Crippen molar-refractivity contribution in [3.05, 3.63) is 28.8 Å². The lowest BCUT2D eigenvalue weighted by atomic mass is 9.97. The van der Waals surface area contributed by atoms with Crippen LogP contribution in [0.25, 0.3) is 0 Å². The highest BCUT2D eigenvalue weighted by atomic mass is 35.5. The van der Waals surface area contributed by atoms with E-state index in [0.29, 0.717) is 16.3 Å². The molecule has 1 aromatic carbocycles. The van der Waals surface area contributed by atoms with Crippen molar-refractivity contribution in [2.24, 2.45) is 10.7 Å². The van der Waals surface area contributed by atoms with E-state index >= 15 is 0 Å². The molecule has 6 heteroatoms. The molecular weight excluding hydrogens is 314 g/mol. The van der Waals surface area contributed by atoms with Crippen LogP contribution in [-0.4, -0.2) is 25.0 Å². The number of rotatable bonds is 3. The Hall–Kier alpha value is -1.75. The number of carbonyl (C=O) groups is 1. The number of nitrogens with zero attached hydrogens (tertiary/aromatic N) is 1. The number of benzene rings is 1. The Balaban J connectivity index is 2.03. The van der Waals surface area contributed by atoms with Gasteiger partial charge in [-0.3, -0.25) is 10.1 Å². The van der Waals surface area contributed by atoms with Crippen LogP contribution in [0.1, 0.15) is 55.3 Å². The molecule has 0 heterocycles. The Morgan fingerprint density at radius 3 is 2.57 bits per heavy atom. The number of carbonyl (C=O) groups excluding carboxylic acids is 1. The Labute approximate surface area is 142 Å². The molecule has 126 valence electrons. The fourth-order valence-electron chi connectivity index (χ4n) is 2.83. The maximum absolute atomic E-state index is 12.3. The van der Waals surface area contributed by atoms with Gasteiger partial charge in [-0.15, -0.1) is 0 Å². The van der Waals surface area contributed by atoms with Crippen LogP contribution in [0.2, 0.25) is 5.02 Å². The summed E-state index contributed by atoms with van der Waals surface area (Å²) in [6.45, 7) is 0. The van der Waals surface area contributed by atoms with E-state index < -0.39 is 0 Å². The molecule has 23 heavy (non-hydrogen) atoms. The molecule has 5 nitrogen and oxygen atoms in total. The Morgan fingerprint density at radius 2 is 1.91 bits per heavy atom. The minimum Gasteiger partial charge on any atom is -0.496 e. The number of hydrogen-bond acceptors (Lipinski definition) is 3. The zero-order valence-electron chi connectivity index (χ0n) is 13.5. The van der Waals surface area contributed by atoms with Crippen LogP contribution < -0.4 is 15.8 Å². The van der Waals surface area contributed by atoms with Gasteiger partial charge in [0, 0.05) is 5.02 Å². The monoisotopic (exact) mass is 337 g/mol.